The van der Waals surface area contributed by atoms with E-state index in [9.17, 15) is 0 Å². The van der Waals surface area contributed by atoms with Crippen molar-refractivity contribution < 1.29 is 14.2 Å². The van der Waals surface area contributed by atoms with Crippen molar-refractivity contribution in [1.29, 1.82) is 0 Å². The van der Waals surface area contributed by atoms with Crippen LogP contribution in [0.2, 0.25) is 0 Å². The molecule has 4 heteroatoms. The van der Waals surface area contributed by atoms with E-state index in [0.717, 1.165) is 44.0 Å². The highest BCUT2D eigenvalue weighted by Crippen LogP contribution is 2.22. The lowest BCUT2D eigenvalue weighted by Gasteiger charge is -2.28. The molecule has 0 amide bonds. The molecule has 2 aliphatic rings. The molecule has 2 aliphatic heterocycles. The van der Waals surface area contributed by atoms with Gasteiger partial charge in [0.2, 0.25) is 0 Å². The molecule has 1 N–H and O–H groups in total. The lowest BCUT2D eigenvalue weighted by molar-refractivity contribution is -0.105. The van der Waals surface area contributed by atoms with Gasteiger partial charge in [-0.25, -0.2) is 0 Å². The van der Waals surface area contributed by atoms with Crippen molar-refractivity contribution in [1.82, 2.24) is 5.32 Å². The predicted molar refractivity (Wildman–Crippen MR) is 67.9 cm³/mol. The number of nitrogens with one attached hydrogen (secondary N) is 1. The molecule has 0 saturated carbocycles. The van der Waals surface area contributed by atoms with Gasteiger partial charge in [0.15, 0.2) is 6.29 Å². The van der Waals surface area contributed by atoms with Crippen LogP contribution in [-0.4, -0.2) is 32.1 Å². The van der Waals surface area contributed by atoms with E-state index < -0.39 is 0 Å². The summed E-state index contributed by atoms with van der Waals surface area (Å²) in [5.41, 5.74) is 0. The standard InChI is InChI=1S/C14H19NO3/c1-2-8-16-14(3-1)18-12-6-4-11(5-7-12)17-13-9-15-10-13/h4-7,13-15H,1-3,8-10H2. The van der Waals surface area contributed by atoms with E-state index >= 15 is 0 Å². The second kappa shape index (κ2) is 5.59. The van der Waals surface area contributed by atoms with Gasteiger partial charge in [0.25, 0.3) is 0 Å². The van der Waals surface area contributed by atoms with Crippen LogP contribution >= 0.6 is 0 Å². The Labute approximate surface area is 107 Å². The fraction of sp³-hybridized carbons (Fsp3) is 0.571. The quantitative estimate of drug-likeness (QED) is 0.885. The van der Waals surface area contributed by atoms with Crippen molar-refractivity contribution in [3.05, 3.63) is 24.3 Å². The summed E-state index contributed by atoms with van der Waals surface area (Å²) in [6, 6.07) is 7.80. The molecule has 0 spiro atoms. The third-order valence-corrected chi connectivity index (χ3v) is 3.28. The first-order valence-corrected chi connectivity index (χ1v) is 6.66. The highest BCUT2D eigenvalue weighted by Gasteiger charge is 2.18. The normalized spacial score (nSPS) is 24.3. The summed E-state index contributed by atoms with van der Waals surface area (Å²) in [5, 5.41) is 3.18. The smallest absolute Gasteiger partial charge is 0.199 e. The van der Waals surface area contributed by atoms with Crippen LogP contribution in [0.25, 0.3) is 0 Å². The zero-order chi connectivity index (χ0) is 12.2. The van der Waals surface area contributed by atoms with Gasteiger partial charge in [0, 0.05) is 19.5 Å². The van der Waals surface area contributed by atoms with Gasteiger partial charge in [-0.15, -0.1) is 0 Å². The first-order chi connectivity index (χ1) is 8.90. The molecule has 1 aromatic rings. The molecular formula is C14H19NO3. The zero-order valence-corrected chi connectivity index (χ0v) is 10.4. The SMILES string of the molecule is c1cc(OC2CCCCO2)ccc1OC1CNC1. The molecule has 1 aromatic carbocycles. The summed E-state index contributed by atoms with van der Waals surface area (Å²) >= 11 is 0. The van der Waals surface area contributed by atoms with Gasteiger partial charge in [-0.2, -0.15) is 0 Å². The van der Waals surface area contributed by atoms with Crippen molar-refractivity contribution in [3.8, 4) is 11.5 Å². The average Bonchev–Trinajstić information content (AvgIpc) is 2.37. The van der Waals surface area contributed by atoms with E-state index in [2.05, 4.69) is 5.32 Å². The molecule has 2 heterocycles. The summed E-state index contributed by atoms with van der Waals surface area (Å²) in [5.74, 6) is 1.75. The predicted octanol–water partition coefficient (Wildman–Crippen LogP) is 1.94. The molecule has 2 saturated heterocycles. The third kappa shape index (κ3) is 2.94. The Morgan fingerprint density at radius 1 is 1.00 bits per heavy atom. The highest BCUT2D eigenvalue weighted by atomic mass is 16.7. The third-order valence-electron chi connectivity index (χ3n) is 3.28. The second-order valence-corrected chi connectivity index (χ2v) is 4.78. The summed E-state index contributed by atoms with van der Waals surface area (Å²) in [4.78, 5) is 0. The molecule has 0 aliphatic carbocycles. The molecule has 0 radical (unpaired) electrons. The topological polar surface area (TPSA) is 39.7 Å². The van der Waals surface area contributed by atoms with Gasteiger partial charge in [0.1, 0.15) is 17.6 Å². The Kier molecular flexibility index (Phi) is 3.67. The minimum Gasteiger partial charge on any atom is -0.488 e. The molecule has 98 valence electrons. The molecule has 0 bridgehead atoms. The van der Waals surface area contributed by atoms with Crippen LogP contribution in [0.3, 0.4) is 0 Å². The summed E-state index contributed by atoms with van der Waals surface area (Å²) in [7, 11) is 0. The molecule has 3 rings (SSSR count). The molecule has 1 atom stereocenters. The minimum atomic E-state index is -0.0821. The number of hydrogen-bond acceptors (Lipinski definition) is 4. The van der Waals surface area contributed by atoms with Gasteiger partial charge < -0.3 is 19.5 Å². The summed E-state index contributed by atoms with van der Waals surface area (Å²) in [6.07, 6.45) is 3.54. The van der Waals surface area contributed by atoms with Gasteiger partial charge >= 0.3 is 0 Å². The van der Waals surface area contributed by atoms with E-state index in [1.54, 1.807) is 0 Å². The average molecular weight is 249 g/mol. The van der Waals surface area contributed by atoms with Gasteiger partial charge in [-0.05, 0) is 37.1 Å². The van der Waals surface area contributed by atoms with Gasteiger partial charge in [0.05, 0.1) is 6.61 Å². The largest absolute Gasteiger partial charge is 0.488 e. The van der Waals surface area contributed by atoms with Crippen LogP contribution in [0.15, 0.2) is 24.3 Å². The lowest BCUT2D eigenvalue weighted by atomic mass is 10.2. The first kappa shape index (κ1) is 11.8. The Morgan fingerprint density at radius 2 is 1.72 bits per heavy atom. The van der Waals surface area contributed by atoms with Crippen molar-refractivity contribution in [2.75, 3.05) is 19.7 Å². The van der Waals surface area contributed by atoms with E-state index in [-0.39, 0.29) is 6.29 Å². The minimum absolute atomic E-state index is 0.0821. The summed E-state index contributed by atoms with van der Waals surface area (Å²) < 4.78 is 17.1. The maximum atomic E-state index is 5.77. The maximum absolute atomic E-state index is 5.77. The Morgan fingerprint density at radius 3 is 2.28 bits per heavy atom. The van der Waals surface area contributed by atoms with Crippen molar-refractivity contribution in [2.24, 2.45) is 0 Å². The van der Waals surface area contributed by atoms with Gasteiger partial charge in [-0.1, -0.05) is 0 Å². The molecule has 2 fully saturated rings. The van der Waals surface area contributed by atoms with Crippen molar-refractivity contribution in [3.63, 3.8) is 0 Å². The molecular weight excluding hydrogens is 230 g/mol. The number of ether oxygens (including phenoxy) is 3. The summed E-state index contributed by atoms with van der Waals surface area (Å²) in [6.45, 7) is 2.68. The van der Waals surface area contributed by atoms with Crippen LogP contribution in [-0.2, 0) is 4.74 Å². The molecule has 0 aromatic heterocycles. The monoisotopic (exact) mass is 249 g/mol. The van der Waals surface area contributed by atoms with E-state index in [0.29, 0.717) is 6.10 Å². The van der Waals surface area contributed by atoms with Crippen LogP contribution in [0.5, 0.6) is 11.5 Å². The van der Waals surface area contributed by atoms with Crippen LogP contribution in [0.4, 0.5) is 0 Å². The van der Waals surface area contributed by atoms with E-state index in [4.69, 9.17) is 14.2 Å². The molecule has 1 unspecified atom stereocenters. The highest BCUT2D eigenvalue weighted by molar-refractivity contribution is 5.31. The Hall–Kier alpha value is -1.26. The molecule has 4 nitrogen and oxygen atoms in total. The number of benzene rings is 1. The van der Waals surface area contributed by atoms with Crippen LogP contribution in [0.1, 0.15) is 19.3 Å². The van der Waals surface area contributed by atoms with Crippen LogP contribution in [0, 0.1) is 0 Å². The van der Waals surface area contributed by atoms with Crippen molar-refractivity contribution >= 4 is 0 Å². The van der Waals surface area contributed by atoms with Gasteiger partial charge in [-0.3, -0.25) is 0 Å². The molecule has 18 heavy (non-hydrogen) atoms. The van der Waals surface area contributed by atoms with E-state index in [1.165, 1.54) is 6.42 Å². The van der Waals surface area contributed by atoms with E-state index in [1.807, 2.05) is 24.3 Å². The van der Waals surface area contributed by atoms with Crippen LogP contribution < -0.4 is 14.8 Å². The Bertz CT molecular complexity index is 369. The fourth-order valence-electron chi connectivity index (χ4n) is 2.09. The Balaban J connectivity index is 1.52. The number of rotatable bonds is 4. The van der Waals surface area contributed by atoms with Crippen molar-refractivity contribution in [2.45, 2.75) is 31.7 Å². The maximum Gasteiger partial charge on any atom is 0.199 e. The lowest BCUT2D eigenvalue weighted by Crippen LogP contribution is -2.50. The zero-order valence-electron chi connectivity index (χ0n) is 10.4. The second-order valence-electron chi connectivity index (χ2n) is 4.78. The number of hydrogen-bond donors (Lipinski definition) is 1. The fourth-order valence-corrected chi connectivity index (χ4v) is 2.09. The first-order valence-electron chi connectivity index (χ1n) is 6.66.